The van der Waals surface area contributed by atoms with Crippen LogP contribution in [-0.2, 0) is 32.0 Å². The Labute approximate surface area is 288 Å². The van der Waals surface area contributed by atoms with Crippen molar-refractivity contribution in [2.24, 2.45) is 23.7 Å². The van der Waals surface area contributed by atoms with Crippen LogP contribution in [0.3, 0.4) is 0 Å². The highest BCUT2D eigenvalue weighted by atomic mass is 16.4. The molecule has 5 atom stereocenters. The molecule has 4 rings (SSSR count). The van der Waals surface area contributed by atoms with Crippen molar-refractivity contribution < 1.29 is 34.5 Å². The summed E-state index contributed by atoms with van der Waals surface area (Å²) in [7, 11) is 0. The van der Waals surface area contributed by atoms with Crippen LogP contribution in [0.25, 0.3) is 0 Å². The second-order valence-corrected chi connectivity index (χ2v) is 13.6. The fraction of sp³-hybridized carbons (Fsp3) is 0.610. The van der Waals surface area contributed by atoms with Gasteiger partial charge < -0.3 is 15.3 Å². The van der Waals surface area contributed by atoms with E-state index in [-0.39, 0.29) is 43.8 Å². The number of aliphatic hydroxyl groups excluding tert-OH is 1. The van der Waals surface area contributed by atoms with Gasteiger partial charge in [0.05, 0.1) is 6.10 Å². The minimum absolute atomic E-state index is 0. The molecule has 0 heterocycles. The molecule has 266 valence electrons. The topological polar surface area (TPSA) is 129 Å². The first kappa shape index (κ1) is 40.9. The summed E-state index contributed by atoms with van der Waals surface area (Å²) in [4.78, 5) is 45.3. The minimum atomic E-state index is -0.745. The third-order valence-corrected chi connectivity index (χ3v) is 10.1. The first-order chi connectivity index (χ1) is 22.7. The Morgan fingerprint density at radius 1 is 0.604 bits per heavy atom. The third-order valence-electron chi connectivity index (χ3n) is 10.1. The number of carboxylic acid groups (broad SMARTS) is 2. The Bertz CT molecular complexity index is 1210. The number of hydrogen-bond donors (Lipinski definition) is 3. The zero-order valence-corrected chi connectivity index (χ0v) is 28.1. The van der Waals surface area contributed by atoms with Crippen LogP contribution in [0.4, 0.5) is 0 Å². The van der Waals surface area contributed by atoms with E-state index >= 15 is 0 Å². The molecule has 2 saturated carbocycles. The Morgan fingerprint density at radius 2 is 1.08 bits per heavy atom. The lowest BCUT2D eigenvalue weighted by atomic mass is 9.85. The number of carbonyl (C=O) groups excluding carboxylic acids is 2. The summed E-state index contributed by atoms with van der Waals surface area (Å²) in [6.45, 7) is 0. The summed E-state index contributed by atoms with van der Waals surface area (Å²) in [5.74, 6) is 0.0292. The highest BCUT2D eigenvalue weighted by Gasteiger charge is 2.40. The van der Waals surface area contributed by atoms with Gasteiger partial charge in [-0.15, -0.1) is 0 Å². The Kier molecular flexibility index (Phi) is 19.7. The third kappa shape index (κ3) is 15.3. The molecule has 2 aliphatic rings. The number of rotatable bonds is 20. The number of benzene rings is 2. The molecule has 0 amide bonds. The lowest BCUT2D eigenvalue weighted by molar-refractivity contribution is -0.138. The zero-order chi connectivity index (χ0) is 33.9. The molecule has 7 heteroatoms. The van der Waals surface area contributed by atoms with Crippen molar-refractivity contribution in [3.05, 3.63) is 71.8 Å². The first-order valence-corrected chi connectivity index (χ1v) is 18.0. The maximum Gasteiger partial charge on any atom is 0.303 e. The Morgan fingerprint density at radius 3 is 1.60 bits per heavy atom. The smallest absolute Gasteiger partial charge is 0.303 e. The maximum absolute atomic E-state index is 12.2. The Hall–Kier alpha value is -3.32. The van der Waals surface area contributed by atoms with Crippen LogP contribution in [0.2, 0.25) is 0 Å². The highest BCUT2D eigenvalue weighted by molar-refractivity contribution is 5.84. The van der Waals surface area contributed by atoms with Gasteiger partial charge in [0.25, 0.3) is 0 Å². The molecule has 5 unspecified atom stereocenters. The molecule has 0 bridgehead atoms. The molecule has 48 heavy (non-hydrogen) atoms. The van der Waals surface area contributed by atoms with E-state index in [1.54, 1.807) is 0 Å². The van der Waals surface area contributed by atoms with Gasteiger partial charge in [-0.3, -0.25) is 19.2 Å². The number of aliphatic hydroxyl groups is 1. The quantitative estimate of drug-likeness (QED) is 0.121. The number of hydrogen-bond acceptors (Lipinski definition) is 5. The molecule has 0 aromatic heterocycles. The van der Waals surface area contributed by atoms with Crippen LogP contribution < -0.4 is 0 Å². The van der Waals surface area contributed by atoms with Crippen LogP contribution >= 0.6 is 0 Å². The predicted molar refractivity (Wildman–Crippen MR) is 191 cm³/mol. The van der Waals surface area contributed by atoms with E-state index < -0.39 is 18.0 Å². The second-order valence-electron chi connectivity index (χ2n) is 13.6. The molecular formula is C41H60O7. The molecular weight excluding hydrogens is 604 g/mol. The van der Waals surface area contributed by atoms with Crippen LogP contribution in [-0.4, -0.2) is 44.9 Å². The molecule has 3 N–H and O–H groups in total. The van der Waals surface area contributed by atoms with Crippen molar-refractivity contribution in [2.45, 2.75) is 136 Å². The number of ketones is 2. The summed E-state index contributed by atoms with van der Waals surface area (Å²) in [5, 5.41) is 27.5. The van der Waals surface area contributed by atoms with Crippen molar-refractivity contribution in [3.63, 3.8) is 0 Å². The summed E-state index contributed by atoms with van der Waals surface area (Å²) >= 11 is 0. The number of unbranched alkanes of at least 4 members (excludes halogenated alkanes) is 6. The van der Waals surface area contributed by atoms with Gasteiger partial charge in [0.1, 0.15) is 11.6 Å². The van der Waals surface area contributed by atoms with Gasteiger partial charge in [-0.25, -0.2) is 0 Å². The van der Waals surface area contributed by atoms with Gasteiger partial charge in [0.15, 0.2) is 0 Å². The maximum atomic E-state index is 12.2. The van der Waals surface area contributed by atoms with Crippen molar-refractivity contribution in [3.8, 4) is 0 Å². The number of carboxylic acids is 2. The SMILES string of the molecule is C.O=C(O)CCCCCCC1C(=O)CC(O)C1CCc1ccccc1.O=C(O)CCCCCCC1C(=O)CCC1CCc1ccccc1. The van der Waals surface area contributed by atoms with E-state index in [4.69, 9.17) is 10.2 Å². The van der Waals surface area contributed by atoms with E-state index in [0.717, 1.165) is 96.3 Å². The molecule has 0 radical (unpaired) electrons. The van der Waals surface area contributed by atoms with E-state index in [0.29, 0.717) is 24.5 Å². The number of aliphatic carboxylic acids is 2. The zero-order valence-electron chi connectivity index (χ0n) is 28.1. The molecule has 2 aromatic rings. The summed E-state index contributed by atoms with van der Waals surface area (Å²) in [6.07, 6.45) is 15.1. The monoisotopic (exact) mass is 664 g/mol. The summed E-state index contributed by atoms with van der Waals surface area (Å²) in [6, 6.07) is 20.7. The summed E-state index contributed by atoms with van der Waals surface area (Å²) in [5.41, 5.74) is 2.61. The molecule has 2 fully saturated rings. The number of Topliss-reactive ketones (excluding diaryl/α,β-unsaturated/α-hetero) is 2. The molecule has 0 saturated heterocycles. The average molecular weight is 665 g/mol. The molecule has 0 spiro atoms. The average Bonchev–Trinajstić information content (AvgIpc) is 3.55. The van der Waals surface area contributed by atoms with E-state index in [1.807, 2.05) is 24.3 Å². The fourth-order valence-electron chi connectivity index (χ4n) is 7.47. The molecule has 2 aromatic carbocycles. The van der Waals surface area contributed by atoms with Crippen molar-refractivity contribution >= 4 is 23.5 Å². The van der Waals surface area contributed by atoms with Gasteiger partial charge >= 0.3 is 11.9 Å². The van der Waals surface area contributed by atoms with Crippen LogP contribution in [0.1, 0.15) is 128 Å². The predicted octanol–water partition coefficient (Wildman–Crippen LogP) is 8.89. The summed E-state index contributed by atoms with van der Waals surface area (Å²) < 4.78 is 0. The van der Waals surface area contributed by atoms with Gasteiger partial charge in [0, 0.05) is 37.5 Å². The standard InChI is InChI=1S/C20H28O4.C20H28O3.CH4/c21-18-14-19(22)17(13-12-15-8-4-3-5-9-15)16(18)10-6-1-2-7-11-20(23)24;21-19-15-14-17(13-12-16-8-4-3-5-9-16)18(19)10-6-1-2-7-11-20(22)23;/h3-5,8-9,16-17,19,22H,1-2,6-7,10-14H2,(H,23,24);3-5,8-9,17-18H,1-2,6-7,10-15H2,(H,22,23);1H4. The highest BCUT2D eigenvalue weighted by Crippen LogP contribution is 2.37. The number of aryl methyl sites for hydroxylation is 2. The van der Waals surface area contributed by atoms with E-state index in [2.05, 4.69) is 36.4 Å². The number of carbonyl (C=O) groups is 4. The lowest BCUT2D eigenvalue weighted by Gasteiger charge is -2.21. The van der Waals surface area contributed by atoms with E-state index in [9.17, 15) is 24.3 Å². The van der Waals surface area contributed by atoms with Crippen molar-refractivity contribution in [1.29, 1.82) is 0 Å². The van der Waals surface area contributed by atoms with Crippen molar-refractivity contribution in [2.75, 3.05) is 0 Å². The fourth-order valence-corrected chi connectivity index (χ4v) is 7.47. The van der Waals surface area contributed by atoms with Crippen molar-refractivity contribution in [1.82, 2.24) is 0 Å². The lowest BCUT2D eigenvalue weighted by Crippen LogP contribution is -2.21. The van der Waals surface area contributed by atoms with Gasteiger partial charge in [-0.05, 0) is 80.8 Å². The largest absolute Gasteiger partial charge is 0.481 e. The van der Waals surface area contributed by atoms with Gasteiger partial charge in [-0.1, -0.05) is 107 Å². The van der Waals surface area contributed by atoms with Crippen LogP contribution in [0.5, 0.6) is 0 Å². The molecule has 2 aliphatic carbocycles. The second kappa shape index (κ2) is 23.1. The molecule has 7 nitrogen and oxygen atoms in total. The van der Waals surface area contributed by atoms with Gasteiger partial charge in [-0.2, -0.15) is 0 Å². The first-order valence-electron chi connectivity index (χ1n) is 18.0. The minimum Gasteiger partial charge on any atom is -0.481 e. The van der Waals surface area contributed by atoms with Crippen LogP contribution in [0, 0.1) is 23.7 Å². The Balaban J connectivity index is 0.000000327. The van der Waals surface area contributed by atoms with Crippen LogP contribution in [0.15, 0.2) is 60.7 Å². The van der Waals surface area contributed by atoms with Gasteiger partial charge in [0.2, 0.25) is 0 Å². The normalized spacial score (nSPS) is 21.7. The van der Waals surface area contributed by atoms with E-state index in [1.165, 1.54) is 11.1 Å². The molecule has 0 aliphatic heterocycles.